The van der Waals surface area contributed by atoms with Crippen LogP contribution in [-0.4, -0.2) is 37.0 Å². The van der Waals surface area contributed by atoms with E-state index < -0.39 is 23.1 Å². The number of benzene rings is 1. The average molecular weight is 299 g/mol. The summed E-state index contributed by atoms with van der Waals surface area (Å²) in [4.78, 5) is 13.9. The Bertz CT molecular complexity index is 472. The van der Waals surface area contributed by atoms with E-state index in [1.54, 1.807) is 0 Å². The van der Waals surface area contributed by atoms with Crippen LogP contribution in [0.1, 0.15) is 26.3 Å². The normalized spacial score (nSPS) is 14.2. The van der Waals surface area contributed by atoms with E-state index in [2.05, 4.69) is 10.2 Å². The van der Waals surface area contributed by atoms with E-state index in [4.69, 9.17) is 5.73 Å². The highest BCUT2D eigenvalue weighted by Gasteiger charge is 2.37. The third kappa shape index (κ3) is 3.98. The van der Waals surface area contributed by atoms with Gasteiger partial charge < -0.3 is 10.6 Å². The van der Waals surface area contributed by atoms with E-state index in [9.17, 15) is 13.6 Å². The minimum absolute atomic E-state index is 0.336. The zero-order valence-corrected chi connectivity index (χ0v) is 12.7. The maximum atomic E-state index is 13.9. The largest absolute Gasteiger partial charge is 0.368 e. The summed E-state index contributed by atoms with van der Waals surface area (Å²) in [7, 11) is 0. The number of nitrogens with one attached hydrogen (secondary N) is 1. The van der Waals surface area contributed by atoms with Crippen molar-refractivity contribution in [2.75, 3.05) is 26.2 Å². The van der Waals surface area contributed by atoms with Gasteiger partial charge in [0.2, 0.25) is 5.91 Å². The molecule has 21 heavy (non-hydrogen) atoms. The standard InChI is InChI=1S/C15H23F2N3O/c1-4-20(5-2)10-9-19-15(3,14(18)21)13-11(16)7-6-8-12(13)17/h6-8,19H,4-5,9-10H2,1-3H3,(H2,18,21). The Labute approximate surface area is 124 Å². The molecule has 0 bridgehead atoms. The molecule has 0 saturated carbocycles. The molecule has 0 aromatic heterocycles. The summed E-state index contributed by atoms with van der Waals surface area (Å²) in [5.41, 5.74) is 3.46. The van der Waals surface area contributed by atoms with Crippen molar-refractivity contribution < 1.29 is 13.6 Å². The molecule has 0 aliphatic rings. The second kappa shape index (κ2) is 7.47. The molecule has 0 heterocycles. The molecule has 1 atom stereocenters. The van der Waals surface area contributed by atoms with E-state index in [1.165, 1.54) is 13.0 Å². The van der Waals surface area contributed by atoms with Crippen molar-refractivity contribution in [1.82, 2.24) is 10.2 Å². The van der Waals surface area contributed by atoms with E-state index in [-0.39, 0.29) is 5.56 Å². The zero-order valence-electron chi connectivity index (χ0n) is 12.7. The fourth-order valence-corrected chi connectivity index (χ4v) is 2.28. The van der Waals surface area contributed by atoms with Gasteiger partial charge in [0, 0.05) is 13.1 Å². The molecule has 0 aliphatic heterocycles. The van der Waals surface area contributed by atoms with Gasteiger partial charge >= 0.3 is 0 Å². The maximum Gasteiger partial charge on any atom is 0.242 e. The first-order valence-corrected chi connectivity index (χ1v) is 7.08. The van der Waals surface area contributed by atoms with Crippen LogP contribution >= 0.6 is 0 Å². The van der Waals surface area contributed by atoms with Gasteiger partial charge in [0.05, 0.1) is 5.56 Å². The van der Waals surface area contributed by atoms with E-state index >= 15 is 0 Å². The topological polar surface area (TPSA) is 58.4 Å². The number of primary amides is 1. The molecule has 6 heteroatoms. The van der Waals surface area contributed by atoms with Gasteiger partial charge in [0.1, 0.15) is 17.2 Å². The van der Waals surface area contributed by atoms with E-state index in [0.717, 1.165) is 25.2 Å². The van der Waals surface area contributed by atoms with Crippen LogP contribution < -0.4 is 11.1 Å². The smallest absolute Gasteiger partial charge is 0.242 e. The highest BCUT2D eigenvalue weighted by Crippen LogP contribution is 2.26. The predicted octanol–water partition coefficient (Wildman–Crippen LogP) is 1.60. The number of amides is 1. The van der Waals surface area contributed by atoms with E-state index in [0.29, 0.717) is 13.1 Å². The summed E-state index contributed by atoms with van der Waals surface area (Å²) in [5, 5.41) is 2.90. The second-order valence-corrected chi connectivity index (χ2v) is 5.04. The molecule has 1 unspecified atom stereocenters. The summed E-state index contributed by atoms with van der Waals surface area (Å²) in [6, 6.07) is 3.49. The molecule has 1 aromatic carbocycles. The van der Waals surface area contributed by atoms with Crippen molar-refractivity contribution >= 4 is 5.91 Å². The van der Waals surface area contributed by atoms with Crippen LogP contribution in [0.4, 0.5) is 8.78 Å². The summed E-state index contributed by atoms with van der Waals surface area (Å²) >= 11 is 0. The Morgan fingerprint density at radius 3 is 2.24 bits per heavy atom. The van der Waals surface area contributed by atoms with Crippen molar-refractivity contribution in [3.8, 4) is 0 Å². The van der Waals surface area contributed by atoms with Crippen molar-refractivity contribution in [1.29, 1.82) is 0 Å². The molecule has 118 valence electrons. The molecule has 3 N–H and O–H groups in total. The summed E-state index contributed by atoms with van der Waals surface area (Å²) in [5.74, 6) is -2.38. The average Bonchev–Trinajstić information content (AvgIpc) is 2.43. The molecule has 0 spiro atoms. The first-order valence-electron chi connectivity index (χ1n) is 7.08. The van der Waals surface area contributed by atoms with Gasteiger partial charge in [-0.1, -0.05) is 19.9 Å². The number of likely N-dealkylation sites (N-methyl/N-ethyl adjacent to an activating group) is 1. The van der Waals surface area contributed by atoms with Crippen LogP contribution in [-0.2, 0) is 10.3 Å². The minimum atomic E-state index is -1.58. The third-order valence-corrected chi connectivity index (χ3v) is 3.76. The Hall–Kier alpha value is -1.53. The third-order valence-electron chi connectivity index (χ3n) is 3.76. The minimum Gasteiger partial charge on any atom is -0.368 e. The molecular formula is C15H23F2N3O. The number of nitrogens with zero attached hydrogens (tertiary/aromatic N) is 1. The zero-order chi connectivity index (χ0) is 16.0. The predicted molar refractivity (Wildman–Crippen MR) is 78.7 cm³/mol. The van der Waals surface area contributed by atoms with Gasteiger partial charge in [-0.15, -0.1) is 0 Å². The second-order valence-electron chi connectivity index (χ2n) is 5.04. The number of carbonyl (C=O) groups is 1. The van der Waals surface area contributed by atoms with Gasteiger partial charge in [-0.2, -0.15) is 0 Å². The lowest BCUT2D eigenvalue weighted by atomic mass is 9.90. The summed E-state index contributed by atoms with van der Waals surface area (Å²) < 4.78 is 27.9. The molecule has 1 rings (SSSR count). The molecule has 0 aliphatic carbocycles. The molecule has 1 amide bonds. The van der Waals surface area contributed by atoms with Crippen LogP contribution in [0, 0.1) is 11.6 Å². The van der Waals surface area contributed by atoms with Crippen molar-refractivity contribution in [3.63, 3.8) is 0 Å². The molecule has 0 saturated heterocycles. The van der Waals surface area contributed by atoms with Gasteiger partial charge in [-0.25, -0.2) is 8.78 Å². The molecule has 1 aromatic rings. The highest BCUT2D eigenvalue weighted by atomic mass is 19.1. The quantitative estimate of drug-likeness (QED) is 0.766. The Morgan fingerprint density at radius 2 is 1.81 bits per heavy atom. The first kappa shape index (κ1) is 17.5. The molecule has 4 nitrogen and oxygen atoms in total. The maximum absolute atomic E-state index is 13.9. The number of nitrogens with two attached hydrogens (primary N) is 1. The lowest BCUT2D eigenvalue weighted by molar-refractivity contribution is -0.124. The fourth-order valence-electron chi connectivity index (χ4n) is 2.28. The highest BCUT2D eigenvalue weighted by molar-refractivity contribution is 5.85. The number of hydrogen-bond acceptors (Lipinski definition) is 3. The Morgan fingerprint density at radius 1 is 1.29 bits per heavy atom. The monoisotopic (exact) mass is 299 g/mol. The summed E-state index contributed by atoms with van der Waals surface area (Å²) in [6.45, 7) is 8.22. The molecule has 0 fully saturated rings. The van der Waals surface area contributed by atoms with Crippen molar-refractivity contribution in [2.24, 2.45) is 5.73 Å². The fraction of sp³-hybridized carbons (Fsp3) is 0.533. The lowest BCUT2D eigenvalue weighted by Crippen LogP contribution is -2.53. The van der Waals surface area contributed by atoms with Crippen molar-refractivity contribution in [3.05, 3.63) is 35.4 Å². The molecule has 0 radical (unpaired) electrons. The lowest BCUT2D eigenvalue weighted by Gasteiger charge is -2.30. The molecular weight excluding hydrogens is 276 g/mol. The van der Waals surface area contributed by atoms with Gasteiger partial charge in [-0.05, 0) is 32.1 Å². The van der Waals surface area contributed by atoms with Gasteiger partial charge in [-0.3, -0.25) is 10.1 Å². The van der Waals surface area contributed by atoms with Crippen LogP contribution in [0.15, 0.2) is 18.2 Å². The Kier molecular flexibility index (Phi) is 6.23. The first-order chi connectivity index (χ1) is 9.86. The van der Waals surface area contributed by atoms with Crippen LogP contribution in [0.5, 0.6) is 0 Å². The summed E-state index contributed by atoms with van der Waals surface area (Å²) in [6.07, 6.45) is 0. The number of rotatable bonds is 8. The van der Waals surface area contributed by atoms with Gasteiger partial charge in [0.15, 0.2) is 0 Å². The van der Waals surface area contributed by atoms with Crippen molar-refractivity contribution in [2.45, 2.75) is 26.3 Å². The number of carbonyl (C=O) groups excluding carboxylic acids is 1. The Balaban J connectivity index is 2.97. The van der Waals surface area contributed by atoms with Crippen LogP contribution in [0.3, 0.4) is 0 Å². The van der Waals surface area contributed by atoms with Crippen LogP contribution in [0.25, 0.3) is 0 Å². The van der Waals surface area contributed by atoms with E-state index in [1.807, 2.05) is 13.8 Å². The van der Waals surface area contributed by atoms with Crippen LogP contribution in [0.2, 0.25) is 0 Å². The van der Waals surface area contributed by atoms with Gasteiger partial charge in [0.25, 0.3) is 0 Å². The number of hydrogen-bond donors (Lipinski definition) is 2. The number of halogens is 2. The SMILES string of the molecule is CCN(CC)CCNC(C)(C(N)=O)c1c(F)cccc1F.